The number of esters is 1. The van der Waals surface area contributed by atoms with Crippen LogP contribution in [0.2, 0.25) is 0 Å². The molecule has 2 aromatic rings. The first kappa shape index (κ1) is 28.9. The van der Waals surface area contributed by atoms with Gasteiger partial charge in [0, 0.05) is 31.6 Å². The summed E-state index contributed by atoms with van der Waals surface area (Å²) in [6.45, 7) is 6.85. The lowest BCUT2D eigenvalue weighted by molar-refractivity contribution is 0.0487. The highest BCUT2D eigenvalue weighted by atomic mass is 16.5. The van der Waals surface area contributed by atoms with Crippen LogP contribution in [0.15, 0.2) is 42.5 Å². The van der Waals surface area contributed by atoms with Crippen LogP contribution >= 0.6 is 0 Å². The van der Waals surface area contributed by atoms with Crippen molar-refractivity contribution < 1.29 is 28.5 Å². The average Bonchev–Trinajstić information content (AvgIpc) is 3.20. The molecule has 0 radical (unpaired) electrons. The molecule has 39 heavy (non-hydrogen) atoms. The number of cyclic esters (lactones) is 1. The maximum atomic E-state index is 13.1. The molecular formula is C31H42N2O6. The van der Waals surface area contributed by atoms with Gasteiger partial charge in [0.15, 0.2) is 17.3 Å². The number of hydrogen-bond donors (Lipinski definition) is 0. The predicted octanol–water partition coefficient (Wildman–Crippen LogP) is 4.71. The van der Waals surface area contributed by atoms with Crippen molar-refractivity contribution in [1.82, 2.24) is 9.80 Å². The number of nitrogens with zero attached hydrogens (tertiary/aromatic N) is 2. The molecule has 2 heterocycles. The van der Waals surface area contributed by atoms with Crippen molar-refractivity contribution in [2.24, 2.45) is 5.92 Å². The summed E-state index contributed by atoms with van der Waals surface area (Å²) in [7, 11) is 3.09. The fourth-order valence-corrected chi connectivity index (χ4v) is 5.43. The maximum Gasteiger partial charge on any atom is 0.338 e. The van der Waals surface area contributed by atoms with Crippen LogP contribution in [0.1, 0.15) is 59.2 Å². The first-order valence-electron chi connectivity index (χ1n) is 14.2. The normalized spacial score (nSPS) is 23.2. The summed E-state index contributed by atoms with van der Waals surface area (Å²) >= 11 is 0. The molecule has 8 nitrogen and oxygen atoms in total. The third-order valence-corrected chi connectivity index (χ3v) is 7.65. The van der Waals surface area contributed by atoms with E-state index in [1.807, 2.05) is 30.3 Å². The Bertz CT molecular complexity index is 1080. The summed E-state index contributed by atoms with van der Waals surface area (Å²) in [4.78, 5) is 30.9. The number of rotatable bonds is 5. The number of carbonyl (C=O) groups excluding carboxylic acids is 2. The van der Waals surface area contributed by atoms with Crippen LogP contribution in [-0.4, -0.2) is 88.3 Å². The lowest BCUT2D eigenvalue weighted by atomic mass is 9.91. The predicted molar refractivity (Wildman–Crippen MR) is 150 cm³/mol. The maximum absolute atomic E-state index is 13.1. The number of benzene rings is 2. The quantitative estimate of drug-likeness (QED) is 0.400. The zero-order chi connectivity index (χ0) is 27.5. The molecule has 0 N–H and O–H groups in total. The highest BCUT2D eigenvalue weighted by Crippen LogP contribution is 2.39. The van der Waals surface area contributed by atoms with E-state index >= 15 is 0 Å². The summed E-state index contributed by atoms with van der Waals surface area (Å²) in [5.74, 6) is 1.38. The summed E-state index contributed by atoms with van der Waals surface area (Å²) < 4.78 is 22.7. The van der Waals surface area contributed by atoms with Crippen LogP contribution in [0.25, 0.3) is 0 Å². The molecule has 0 saturated carbocycles. The lowest BCUT2D eigenvalue weighted by Gasteiger charge is -2.24. The second kappa shape index (κ2) is 14.9. The fraction of sp³-hybridized carbons (Fsp3) is 0.548. The summed E-state index contributed by atoms with van der Waals surface area (Å²) in [5, 5.41) is 0. The Morgan fingerprint density at radius 2 is 1.56 bits per heavy atom. The van der Waals surface area contributed by atoms with Crippen molar-refractivity contribution in [2.75, 3.05) is 66.7 Å². The number of ether oxygens (including phenoxy) is 4. The number of methoxy groups -OCH3 is 2. The van der Waals surface area contributed by atoms with Gasteiger partial charge in [0.1, 0.15) is 0 Å². The van der Waals surface area contributed by atoms with Crippen LogP contribution in [0.4, 0.5) is 0 Å². The van der Waals surface area contributed by atoms with E-state index in [9.17, 15) is 9.59 Å². The van der Waals surface area contributed by atoms with Crippen molar-refractivity contribution >= 4 is 11.8 Å². The van der Waals surface area contributed by atoms with Crippen LogP contribution in [0, 0.1) is 5.92 Å². The highest BCUT2D eigenvalue weighted by molar-refractivity contribution is 5.96. The molecule has 3 unspecified atom stereocenters. The van der Waals surface area contributed by atoms with E-state index in [4.69, 9.17) is 18.9 Å². The van der Waals surface area contributed by atoms with Gasteiger partial charge >= 0.3 is 5.97 Å². The molecule has 1 saturated heterocycles. The summed E-state index contributed by atoms with van der Waals surface area (Å²) in [6, 6.07) is 12.9. The van der Waals surface area contributed by atoms with E-state index in [-0.39, 0.29) is 11.7 Å². The fourth-order valence-electron chi connectivity index (χ4n) is 5.43. The lowest BCUT2D eigenvalue weighted by Crippen LogP contribution is -2.33. The first-order valence-corrected chi connectivity index (χ1v) is 14.2. The van der Waals surface area contributed by atoms with Gasteiger partial charge in [0.05, 0.1) is 33.0 Å². The molecule has 8 heteroatoms. The zero-order valence-electron chi connectivity index (χ0n) is 23.4. The van der Waals surface area contributed by atoms with Crippen molar-refractivity contribution in [1.29, 1.82) is 0 Å². The topological polar surface area (TPSA) is 77.5 Å². The van der Waals surface area contributed by atoms with Gasteiger partial charge in [-0.3, -0.25) is 4.79 Å². The van der Waals surface area contributed by atoms with Crippen molar-refractivity contribution in [3.05, 3.63) is 53.6 Å². The second-order valence-electron chi connectivity index (χ2n) is 10.4. The molecule has 2 aromatic carbocycles. The molecule has 0 spiro atoms. The molecule has 1 fully saturated rings. The molecule has 3 atom stereocenters. The largest absolute Gasteiger partial charge is 0.493 e. The van der Waals surface area contributed by atoms with Crippen molar-refractivity contribution in [3.8, 4) is 17.2 Å². The molecule has 0 aliphatic carbocycles. The van der Waals surface area contributed by atoms with E-state index in [0.717, 1.165) is 76.9 Å². The van der Waals surface area contributed by atoms with E-state index in [2.05, 4.69) is 9.80 Å². The van der Waals surface area contributed by atoms with E-state index in [1.54, 1.807) is 19.2 Å². The second-order valence-corrected chi connectivity index (χ2v) is 10.4. The molecule has 4 rings (SSSR count). The SMILES string of the molecule is COc1cc2cc(c1OC)OCCCC(CC(=O)c1ccccc1)CCN1CCCN(CCCOC2=O)CC1. The third-order valence-electron chi connectivity index (χ3n) is 7.65. The molecule has 2 aliphatic rings. The molecule has 4 bridgehead atoms. The highest BCUT2D eigenvalue weighted by Gasteiger charge is 2.22. The van der Waals surface area contributed by atoms with Crippen LogP contribution in [0.3, 0.4) is 0 Å². The van der Waals surface area contributed by atoms with Gasteiger partial charge in [-0.15, -0.1) is 0 Å². The Balaban J connectivity index is 1.50. The molecule has 0 amide bonds. The first-order chi connectivity index (χ1) is 19.1. The molecule has 212 valence electrons. The van der Waals surface area contributed by atoms with Gasteiger partial charge < -0.3 is 28.7 Å². The number of Topliss-reactive ketones (excluding diaryl/α,β-unsaturated/α-hetero) is 1. The van der Waals surface area contributed by atoms with Gasteiger partial charge in [-0.1, -0.05) is 30.3 Å². The summed E-state index contributed by atoms with van der Waals surface area (Å²) in [6.07, 6.45) is 5.07. The Labute approximate surface area is 232 Å². The van der Waals surface area contributed by atoms with Gasteiger partial charge in [0.2, 0.25) is 5.75 Å². The van der Waals surface area contributed by atoms with Gasteiger partial charge in [-0.25, -0.2) is 4.79 Å². The zero-order valence-corrected chi connectivity index (χ0v) is 23.4. The van der Waals surface area contributed by atoms with Gasteiger partial charge in [-0.05, 0) is 69.8 Å². The standard InChI is InChI=1S/C31H42N2O6/c1-36-28-22-26-23-29(30(28)37-2)38-19-6-9-24(21-27(34)25-10-4-3-5-11-25)12-16-33-14-7-13-32(17-18-33)15-8-20-39-31(26)35/h3-5,10-11,22-24H,6-9,12-21H2,1-2H3. The molecule has 2 aliphatic heterocycles. The van der Waals surface area contributed by atoms with Crippen LogP contribution < -0.4 is 14.2 Å². The Hall–Kier alpha value is -3.10. The minimum absolute atomic E-state index is 0.194. The summed E-state index contributed by atoms with van der Waals surface area (Å²) in [5.41, 5.74) is 1.15. The minimum Gasteiger partial charge on any atom is -0.493 e. The van der Waals surface area contributed by atoms with Crippen LogP contribution in [-0.2, 0) is 4.74 Å². The average molecular weight is 539 g/mol. The van der Waals surface area contributed by atoms with Crippen LogP contribution in [0.5, 0.6) is 17.2 Å². The van der Waals surface area contributed by atoms with Crippen molar-refractivity contribution in [2.45, 2.75) is 38.5 Å². The minimum atomic E-state index is -0.403. The van der Waals surface area contributed by atoms with Crippen molar-refractivity contribution in [3.63, 3.8) is 0 Å². The monoisotopic (exact) mass is 538 g/mol. The van der Waals surface area contributed by atoms with E-state index in [0.29, 0.717) is 42.4 Å². The van der Waals surface area contributed by atoms with Gasteiger partial charge in [0.25, 0.3) is 0 Å². The number of carbonyl (C=O) groups is 2. The number of fused-ring (bicyclic) bond motifs is 5. The molecule has 0 aromatic heterocycles. The smallest absolute Gasteiger partial charge is 0.338 e. The third kappa shape index (κ3) is 8.44. The Kier molecular flexibility index (Phi) is 11.0. The van der Waals surface area contributed by atoms with E-state index in [1.165, 1.54) is 7.11 Å². The number of hydrogen-bond acceptors (Lipinski definition) is 8. The number of ketones is 1. The Morgan fingerprint density at radius 1 is 0.846 bits per heavy atom. The van der Waals surface area contributed by atoms with E-state index < -0.39 is 5.97 Å². The van der Waals surface area contributed by atoms with Gasteiger partial charge in [-0.2, -0.15) is 0 Å². The molecular weight excluding hydrogens is 496 g/mol. The Morgan fingerprint density at radius 3 is 2.31 bits per heavy atom.